The Morgan fingerprint density at radius 1 is 0.313 bits per heavy atom. The van der Waals surface area contributed by atoms with E-state index >= 15 is 0 Å². The van der Waals surface area contributed by atoms with Gasteiger partial charge in [0.2, 0.25) is 0 Å². The summed E-state index contributed by atoms with van der Waals surface area (Å²) in [6.45, 7) is 6.51. The molecule has 6 heteroatoms. The van der Waals surface area contributed by atoms with E-state index in [4.69, 9.17) is 14.2 Å². The minimum Gasteiger partial charge on any atom is -0.462 e. The largest absolute Gasteiger partial charge is 0.462 e. The maximum absolute atomic E-state index is 12.8. The van der Waals surface area contributed by atoms with E-state index in [1.165, 1.54) is 141 Å². The van der Waals surface area contributed by atoms with Crippen LogP contribution in [0.3, 0.4) is 0 Å². The van der Waals surface area contributed by atoms with Gasteiger partial charge in [0.1, 0.15) is 13.2 Å². The molecule has 386 valence electrons. The zero-order valence-corrected chi connectivity index (χ0v) is 44.2. The molecule has 0 rings (SSSR count). The number of unbranched alkanes of at least 4 members (excludes halogenated alkanes) is 28. The number of carbonyl (C=O) groups is 3. The Balaban J connectivity index is 4.40. The Kier molecular flexibility index (Phi) is 52.8. The van der Waals surface area contributed by atoms with Crippen molar-refractivity contribution in [1.82, 2.24) is 0 Å². The Hall–Kier alpha value is -3.15. The Labute approximate surface area is 414 Å². The molecule has 0 aromatic rings. The van der Waals surface area contributed by atoms with Crippen molar-refractivity contribution in [2.24, 2.45) is 0 Å². The van der Waals surface area contributed by atoms with E-state index in [0.29, 0.717) is 19.3 Å². The molecule has 0 saturated carbocycles. The van der Waals surface area contributed by atoms with Gasteiger partial charge < -0.3 is 14.2 Å². The lowest BCUT2D eigenvalue weighted by Gasteiger charge is -2.18. The molecule has 0 aromatic carbocycles. The molecule has 0 aliphatic carbocycles. The smallest absolute Gasteiger partial charge is 0.306 e. The van der Waals surface area contributed by atoms with E-state index in [9.17, 15) is 14.4 Å². The summed E-state index contributed by atoms with van der Waals surface area (Å²) in [7, 11) is 0. The summed E-state index contributed by atoms with van der Waals surface area (Å²) >= 11 is 0. The average Bonchev–Trinajstić information content (AvgIpc) is 3.33. The molecule has 0 fully saturated rings. The minimum absolute atomic E-state index is 0.0857. The van der Waals surface area contributed by atoms with Gasteiger partial charge in [-0.1, -0.05) is 261 Å². The van der Waals surface area contributed by atoms with E-state index in [1.807, 2.05) is 0 Å². The van der Waals surface area contributed by atoms with Crippen LogP contribution in [0.4, 0.5) is 0 Å². The fraction of sp³-hybridized carbons (Fsp3) is 0.754. The van der Waals surface area contributed by atoms with Crippen LogP contribution in [0.25, 0.3) is 0 Å². The molecular weight excluding hydrogens is 829 g/mol. The summed E-state index contributed by atoms with van der Waals surface area (Å²) in [4.78, 5) is 38.1. The van der Waals surface area contributed by atoms with Crippen LogP contribution in [0.1, 0.15) is 278 Å². The van der Waals surface area contributed by atoms with Gasteiger partial charge in [0.25, 0.3) is 0 Å². The lowest BCUT2D eigenvalue weighted by molar-refractivity contribution is -0.167. The summed E-state index contributed by atoms with van der Waals surface area (Å²) in [6, 6.07) is 0. The van der Waals surface area contributed by atoms with Crippen LogP contribution in [0.15, 0.2) is 72.9 Å². The molecule has 0 amide bonds. The van der Waals surface area contributed by atoms with Gasteiger partial charge >= 0.3 is 17.9 Å². The van der Waals surface area contributed by atoms with Crippen LogP contribution in [-0.2, 0) is 28.6 Å². The van der Waals surface area contributed by atoms with Gasteiger partial charge in [-0.05, 0) is 70.6 Å². The molecular formula is C61H106O6. The molecule has 0 aliphatic heterocycles. The maximum Gasteiger partial charge on any atom is 0.306 e. The van der Waals surface area contributed by atoms with Crippen molar-refractivity contribution in [3.63, 3.8) is 0 Å². The standard InChI is InChI=1S/C61H106O6/c1-4-7-10-13-16-19-22-24-26-28-29-30-31-33-34-36-39-42-45-48-51-54-60(63)66-57-58(56-65-59(62)53-50-47-44-41-38-21-18-15-12-9-6-3)67-61(64)55-52-49-46-43-40-37-35-32-27-25-23-20-17-14-11-8-5-2/h7,10,16,19,24,26,29-30,33-34,39,42,58H,4-6,8-9,11-15,17-18,20-23,25,27-28,31-32,35-38,40-41,43-57H2,1-3H3/b10-7-,19-16-,26-24-,30-29-,34-33-,42-39-. The average molecular weight is 936 g/mol. The topological polar surface area (TPSA) is 78.9 Å². The molecule has 0 aromatic heterocycles. The Morgan fingerprint density at radius 2 is 0.582 bits per heavy atom. The molecule has 67 heavy (non-hydrogen) atoms. The van der Waals surface area contributed by atoms with Crippen molar-refractivity contribution in [3.05, 3.63) is 72.9 Å². The first-order valence-electron chi connectivity index (χ1n) is 28.4. The van der Waals surface area contributed by atoms with E-state index in [0.717, 1.165) is 96.3 Å². The first-order chi connectivity index (χ1) is 33.0. The fourth-order valence-corrected chi connectivity index (χ4v) is 7.98. The third-order valence-electron chi connectivity index (χ3n) is 12.2. The predicted octanol–water partition coefficient (Wildman–Crippen LogP) is 19.0. The lowest BCUT2D eigenvalue weighted by atomic mass is 10.0. The van der Waals surface area contributed by atoms with E-state index in [2.05, 4.69) is 93.7 Å². The minimum atomic E-state index is -0.789. The zero-order chi connectivity index (χ0) is 48.6. The van der Waals surface area contributed by atoms with Crippen LogP contribution >= 0.6 is 0 Å². The zero-order valence-electron chi connectivity index (χ0n) is 44.2. The third kappa shape index (κ3) is 53.7. The van der Waals surface area contributed by atoms with Gasteiger partial charge in [0.05, 0.1) is 0 Å². The molecule has 0 radical (unpaired) electrons. The second-order valence-corrected chi connectivity index (χ2v) is 18.8. The van der Waals surface area contributed by atoms with Crippen molar-refractivity contribution >= 4 is 17.9 Å². The summed E-state index contributed by atoms with van der Waals surface area (Å²) in [5.41, 5.74) is 0. The van der Waals surface area contributed by atoms with Crippen molar-refractivity contribution in [3.8, 4) is 0 Å². The number of hydrogen-bond acceptors (Lipinski definition) is 6. The van der Waals surface area contributed by atoms with Gasteiger partial charge in [0, 0.05) is 19.3 Å². The second kappa shape index (κ2) is 55.4. The molecule has 0 bridgehead atoms. The van der Waals surface area contributed by atoms with E-state index in [-0.39, 0.29) is 31.1 Å². The number of hydrogen-bond donors (Lipinski definition) is 0. The highest BCUT2D eigenvalue weighted by molar-refractivity contribution is 5.71. The van der Waals surface area contributed by atoms with Crippen molar-refractivity contribution in [1.29, 1.82) is 0 Å². The fourth-order valence-electron chi connectivity index (χ4n) is 7.98. The Bertz CT molecular complexity index is 1260. The number of esters is 3. The van der Waals surface area contributed by atoms with Crippen LogP contribution in [0, 0.1) is 0 Å². The summed E-state index contributed by atoms with van der Waals surface area (Å²) in [5, 5.41) is 0. The van der Waals surface area contributed by atoms with E-state index in [1.54, 1.807) is 0 Å². The monoisotopic (exact) mass is 935 g/mol. The van der Waals surface area contributed by atoms with Gasteiger partial charge in [-0.15, -0.1) is 0 Å². The predicted molar refractivity (Wildman–Crippen MR) is 288 cm³/mol. The molecule has 0 N–H and O–H groups in total. The van der Waals surface area contributed by atoms with Crippen LogP contribution in [0.2, 0.25) is 0 Å². The van der Waals surface area contributed by atoms with Gasteiger partial charge in [-0.3, -0.25) is 14.4 Å². The van der Waals surface area contributed by atoms with Crippen LogP contribution in [0.5, 0.6) is 0 Å². The lowest BCUT2D eigenvalue weighted by Crippen LogP contribution is -2.30. The quantitative estimate of drug-likeness (QED) is 0.0262. The summed E-state index contributed by atoms with van der Waals surface area (Å²) < 4.78 is 16.8. The Morgan fingerprint density at radius 3 is 0.910 bits per heavy atom. The molecule has 0 saturated heterocycles. The maximum atomic E-state index is 12.8. The summed E-state index contributed by atoms with van der Waals surface area (Å²) in [6.07, 6.45) is 70.4. The number of carbonyl (C=O) groups excluding carboxylic acids is 3. The van der Waals surface area contributed by atoms with E-state index < -0.39 is 6.10 Å². The molecule has 0 spiro atoms. The first kappa shape index (κ1) is 63.8. The third-order valence-corrected chi connectivity index (χ3v) is 12.2. The van der Waals surface area contributed by atoms with Crippen molar-refractivity contribution < 1.29 is 28.6 Å². The number of ether oxygens (including phenoxy) is 3. The normalized spacial score (nSPS) is 12.6. The van der Waals surface area contributed by atoms with Gasteiger partial charge in [-0.2, -0.15) is 0 Å². The first-order valence-corrected chi connectivity index (χ1v) is 28.4. The SMILES string of the molecule is CC/C=C\C/C=C\C/C=C\C/C=C\C/C=C\C/C=C\CCCCC(=O)OCC(COC(=O)CCCCCCCCCCCCC)OC(=O)CCCCCCCCCCCCCCCCCCC. The van der Waals surface area contributed by atoms with Crippen molar-refractivity contribution in [2.45, 2.75) is 284 Å². The highest BCUT2D eigenvalue weighted by Gasteiger charge is 2.19. The number of allylic oxidation sites excluding steroid dienone is 12. The van der Waals surface area contributed by atoms with Crippen molar-refractivity contribution in [2.75, 3.05) is 13.2 Å². The molecule has 1 atom stereocenters. The highest BCUT2D eigenvalue weighted by Crippen LogP contribution is 2.16. The molecule has 0 heterocycles. The van der Waals surface area contributed by atoms with Gasteiger partial charge in [0.15, 0.2) is 6.10 Å². The van der Waals surface area contributed by atoms with Gasteiger partial charge in [-0.25, -0.2) is 0 Å². The number of rotatable bonds is 51. The molecule has 0 aliphatic rings. The molecule has 6 nitrogen and oxygen atoms in total. The second-order valence-electron chi connectivity index (χ2n) is 18.8. The molecule has 1 unspecified atom stereocenters. The van der Waals surface area contributed by atoms with Crippen LogP contribution in [-0.4, -0.2) is 37.2 Å². The highest BCUT2D eigenvalue weighted by atomic mass is 16.6. The summed E-state index contributed by atoms with van der Waals surface area (Å²) in [5.74, 6) is -0.921. The van der Waals surface area contributed by atoms with Crippen LogP contribution < -0.4 is 0 Å².